The van der Waals surface area contributed by atoms with Gasteiger partial charge < -0.3 is 4.74 Å². The van der Waals surface area contributed by atoms with Crippen LogP contribution in [0.1, 0.15) is 31.1 Å². The Morgan fingerprint density at radius 1 is 1.29 bits per heavy atom. The fourth-order valence-electron chi connectivity index (χ4n) is 1.35. The van der Waals surface area contributed by atoms with Gasteiger partial charge in [-0.15, -0.1) is 0 Å². The molecular formula is C12H16O2. The van der Waals surface area contributed by atoms with Gasteiger partial charge in [0.2, 0.25) is 0 Å². The topological polar surface area (TPSA) is 26.3 Å². The molecule has 0 N–H and O–H groups in total. The van der Waals surface area contributed by atoms with Crippen molar-refractivity contribution in [2.45, 2.75) is 20.8 Å². The number of Topliss-reactive ketones (excluding diaryl/α,β-unsaturated/α-hetero) is 1. The molecule has 1 aliphatic heterocycles. The predicted octanol–water partition coefficient (Wildman–Crippen LogP) is 2.92. The normalized spacial score (nSPS) is 18.8. The second-order valence-corrected chi connectivity index (χ2v) is 3.07. The number of ketones is 1. The van der Waals surface area contributed by atoms with Gasteiger partial charge in [-0.2, -0.15) is 0 Å². The number of carbonyl (C=O) groups excluding carboxylic acids is 1. The van der Waals surface area contributed by atoms with Gasteiger partial charge in [0.05, 0.1) is 18.1 Å². The number of carbonyl (C=O) groups is 1. The number of benzene rings is 1. The lowest BCUT2D eigenvalue weighted by Gasteiger charge is -2.20. The Morgan fingerprint density at radius 3 is 2.64 bits per heavy atom. The molecule has 1 unspecified atom stereocenters. The first-order chi connectivity index (χ1) is 6.79. The molecule has 0 saturated carbocycles. The smallest absolute Gasteiger partial charge is 0.172 e. The van der Waals surface area contributed by atoms with Crippen molar-refractivity contribution in [2.75, 3.05) is 6.61 Å². The Labute approximate surface area is 84.9 Å². The number of hydrogen-bond donors (Lipinski definition) is 0. The van der Waals surface area contributed by atoms with Crippen LogP contribution in [-0.4, -0.2) is 12.4 Å². The maximum absolute atomic E-state index is 11.5. The monoisotopic (exact) mass is 192 g/mol. The molecule has 1 aromatic rings. The minimum atomic E-state index is -0.0000926. The summed E-state index contributed by atoms with van der Waals surface area (Å²) < 4.78 is 5.39. The first-order valence-corrected chi connectivity index (χ1v) is 5.05. The standard InChI is InChI=1S/C10H10O2.C2H6/c1-7-6-12-9-5-3-2-4-8(9)10(7)11;1-2/h2-5,7H,6H2,1H3;1-2H3. The number of para-hydroxylation sites is 1. The molecule has 1 aromatic carbocycles. The van der Waals surface area contributed by atoms with Gasteiger partial charge in [-0.05, 0) is 12.1 Å². The van der Waals surface area contributed by atoms with Gasteiger partial charge in [0.15, 0.2) is 5.78 Å². The number of hydrogen-bond acceptors (Lipinski definition) is 2. The maximum atomic E-state index is 11.5. The van der Waals surface area contributed by atoms with E-state index in [4.69, 9.17) is 4.74 Å². The minimum Gasteiger partial charge on any atom is -0.492 e. The van der Waals surface area contributed by atoms with E-state index in [1.165, 1.54) is 0 Å². The van der Waals surface area contributed by atoms with Crippen LogP contribution in [0, 0.1) is 5.92 Å². The summed E-state index contributed by atoms with van der Waals surface area (Å²) in [4.78, 5) is 11.5. The van der Waals surface area contributed by atoms with Crippen LogP contribution < -0.4 is 4.74 Å². The predicted molar refractivity (Wildman–Crippen MR) is 56.8 cm³/mol. The van der Waals surface area contributed by atoms with E-state index >= 15 is 0 Å². The van der Waals surface area contributed by atoms with E-state index in [9.17, 15) is 4.79 Å². The summed E-state index contributed by atoms with van der Waals surface area (Å²) >= 11 is 0. The lowest BCUT2D eigenvalue weighted by atomic mass is 9.97. The third-order valence-corrected chi connectivity index (χ3v) is 2.09. The first-order valence-electron chi connectivity index (χ1n) is 5.05. The van der Waals surface area contributed by atoms with Crippen LogP contribution in [0.25, 0.3) is 0 Å². The Kier molecular flexibility index (Phi) is 3.69. The molecule has 2 rings (SSSR count). The van der Waals surface area contributed by atoms with Gasteiger partial charge in [0, 0.05) is 0 Å². The molecule has 0 fully saturated rings. The molecule has 0 aromatic heterocycles. The van der Waals surface area contributed by atoms with E-state index in [0.717, 1.165) is 11.3 Å². The molecule has 2 heteroatoms. The van der Waals surface area contributed by atoms with Crippen molar-refractivity contribution in [2.24, 2.45) is 5.92 Å². The highest BCUT2D eigenvalue weighted by Crippen LogP contribution is 2.26. The highest BCUT2D eigenvalue weighted by molar-refractivity contribution is 6.01. The molecule has 1 heterocycles. The zero-order valence-corrected chi connectivity index (χ0v) is 8.91. The third-order valence-electron chi connectivity index (χ3n) is 2.09. The summed E-state index contributed by atoms with van der Waals surface area (Å²) in [7, 11) is 0. The molecule has 14 heavy (non-hydrogen) atoms. The summed E-state index contributed by atoms with van der Waals surface area (Å²) in [6.45, 7) is 6.40. The summed E-state index contributed by atoms with van der Waals surface area (Å²) in [6, 6.07) is 7.38. The van der Waals surface area contributed by atoms with Gasteiger partial charge >= 0.3 is 0 Å². The quantitative estimate of drug-likeness (QED) is 0.631. The summed E-state index contributed by atoms with van der Waals surface area (Å²) in [6.07, 6.45) is 0. The van der Waals surface area contributed by atoms with E-state index in [1.54, 1.807) is 0 Å². The average Bonchev–Trinajstić information content (AvgIpc) is 2.27. The first kappa shape index (κ1) is 10.8. The van der Waals surface area contributed by atoms with Crippen LogP contribution in [0.15, 0.2) is 24.3 Å². The van der Waals surface area contributed by atoms with Crippen molar-refractivity contribution >= 4 is 5.78 Å². The summed E-state index contributed by atoms with van der Waals surface area (Å²) in [5.41, 5.74) is 0.719. The van der Waals surface area contributed by atoms with Crippen molar-refractivity contribution in [1.82, 2.24) is 0 Å². The van der Waals surface area contributed by atoms with Crippen LogP contribution in [0.5, 0.6) is 5.75 Å². The molecule has 0 aliphatic carbocycles. The molecule has 0 saturated heterocycles. The average molecular weight is 192 g/mol. The van der Waals surface area contributed by atoms with Crippen molar-refractivity contribution in [3.63, 3.8) is 0 Å². The van der Waals surface area contributed by atoms with Gasteiger partial charge in [-0.25, -0.2) is 0 Å². The zero-order chi connectivity index (χ0) is 10.6. The fraction of sp³-hybridized carbons (Fsp3) is 0.417. The van der Waals surface area contributed by atoms with E-state index in [1.807, 2.05) is 45.0 Å². The second-order valence-electron chi connectivity index (χ2n) is 3.07. The Balaban J connectivity index is 0.000000461. The molecular weight excluding hydrogens is 176 g/mol. The van der Waals surface area contributed by atoms with Crippen LogP contribution in [0.4, 0.5) is 0 Å². The summed E-state index contributed by atoms with van der Waals surface area (Å²) in [5, 5.41) is 0. The van der Waals surface area contributed by atoms with Crippen LogP contribution >= 0.6 is 0 Å². The molecule has 2 nitrogen and oxygen atoms in total. The van der Waals surface area contributed by atoms with Gasteiger partial charge in [-0.1, -0.05) is 32.9 Å². The molecule has 0 bridgehead atoms. The van der Waals surface area contributed by atoms with Gasteiger partial charge in [-0.3, -0.25) is 4.79 Å². The Hall–Kier alpha value is -1.31. The van der Waals surface area contributed by atoms with E-state index < -0.39 is 0 Å². The van der Waals surface area contributed by atoms with E-state index in [-0.39, 0.29) is 11.7 Å². The number of ether oxygens (including phenoxy) is 1. The van der Waals surface area contributed by atoms with Crippen molar-refractivity contribution in [3.05, 3.63) is 29.8 Å². The molecule has 0 spiro atoms. The molecule has 1 atom stereocenters. The second kappa shape index (κ2) is 4.80. The minimum absolute atomic E-state index is 0.0000926. The van der Waals surface area contributed by atoms with Gasteiger partial charge in [0.1, 0.15) is 5.75 Å². The molecule has 1 aliphatic rings. The lowest BCUT2D eigenvalue weighted by Crippen LogP contribution is -2.24. The largest absolute Gasteiger partial charge is 0.492 e. The summed E-state index contributed by atoms with van der Waals surface area (Å²) in [5.74, 6) is 0.914. The van der Waals surface area contributed by atoms with Crippen LogP contribution in [-0.2, 0) is 0 Å². The van der Waals surface area contributed by atoms with Crippen LogP contribution in [0.3, 0.4) is 0 Å². The zero-order valence-electron chi connectivity index (χ0n) is 8.91. The third kappa shape index (κ3) is 1.95. The van der Waals surface area contributed by atoms with E-state index in [0.29, 0.717) is 6.61 Å². The van der Waals surface area contributed by atoms with Gasteiger partial charge in [0.25, 0.3) is 0 Å². The highest BCUT2D eigenvalue weighted by Gasteiger charge is 2.24. The molecule has 76 valence electrons. The van der Waals surface area contributed by atoms with E-state index in [2.05, 4.69) is 0 Å². The van der Waals surface area contributed by atoms with Crippen molar-refractivity contribution < 1.29 is 9.53 Å². The Bertz CT molecular complexity index is 318. The highest BCUT2D eigenvalue weighted by atomic mass is 16.5. The fourth-order valence-corrected chi connectivity index (χ4v) is 1.35. The molecule has 0 amide bonds. The number of fused-ring (bicyclic) bond motifs is 1. The number of rotatable bonds is 0. The lowest BCUT2D eigenvalue weighted by molar-refractivity contribution is 0.0849. The SMILES string of the molecule is CC.CC1COc2ccccc2C1=O. The Morgan fingerprint density at radius 2 is 1.93 bits per heavy atom. The maximum Gasteiger partial charge on any atom is 0.172 e. The van der Waals surface area contributed by atoms with Crippen molar-refractivity contribution in [3.8, 4) is 5.75 Å². The van der Waals surface area contributed by atoms with Crippen LogP contribution in [0.2, 0.25) is 0 Å². The van der Waals surface area contributed by atoms with Crippen molar-refractivity contribution in [1.29, 1.82) is 0 Å². The molecule has 0 radical (unpaired) electrons.